The van der Waals surface area contributed by atoms with Gasteiger partial charge in [0.1, 0.15) is 5.75 Å². The minimum absolute atomic E-state index is 0.182. The highest BCUT2D eigenvalue weighted by atomic mass is 16.5. The van der Waals surface area contributed by atoms with Crippen molar-refractivity contribution < 1.29 is 14.3 Å². The second kappa shape index (κ2) is 10.1. The number of nitrogens with zero attached hydrogens (tertiary/aromatic N) is 3. The van der Waals surface area contributed by atoms with Crippen LogP contribution in [-0.2, 0) is 16.1 Å². The van der Waals surface area contributed by atoms with Crippen molar-refractivity contribution in [3.63, 3.8) is 0 Å². The monoisotopic (exact) mass is 421 g/mol. The summed E-state index contributed by atoms with van der Waals surface area (Å²) in [7, 11) is 1.50. The van der Waals surface area contributed by atoms with E-state index in [-0.39, 0.29) is 23.8 Å². The van der Waals surface area contributed by atoms with Gasteiger partial charge < -0.3 is 15.4 Å². The van der Waals surface area contributed by atoms with E-state index in [9.17, 15) is 14.4 Å². The van der Waals surface area contributed by atoms with Gasteiger partial charge in [-0.15, -0.1) is 0 Å². The molecule has 160 valence electrons. The number of hydrogen-bond donors (Lipinski definition) is 2. The minimum atomic E-state index is -0.239. The number of pyridine rings is 1. The molecule has 9 nitrogen and oxygen atoms in total. The van der Waals surface area contributed by atoms with Crippen molar-refractivity contribution in [3.8, 4) is 17.0 Å². The number of benzene rings is 1. The van der Waals surface area contributed by atoms with E-state index in [1.807, 2.05) is 12.1 Å². The standard InChI is InChI=1S/C22H23N5O4/c1-15(28)24-17-5-7-20(31-2)19(14-17)25-21(29)4-3-13-27-22(30)8-6-18(26-27)16-9-11-23-12-10-16/h5-12,14H,3-4,13H2,1-2H3,(H,24,28)(H,25,29). The molecule has 2 heterocycles. The summed E-state index contributed by atoms with van der Waals surface area (Å²) in [6.07, 6.45) is 3.92. The molecular weight excluding hydrogens is 398 g/mol. The molecule has 2 N–H and O–H groups in total. The Labute approximate surface area is 179 Å². The number of amides is 2. The summed E-state index contributed by atoms with van der Waals surface area (Å²) in [6, 6.07) is 11.7. The van der Waals surface area contributed by atoms with Crippen LogP contribution < -0.4 is 20.9 Å². The molecule has 0 saturated heterocycles. The largest absolute Gasteiger partial charge is 0.495 e. The number of methoxy groups -OCH3 is 1. The molecule has 0 aliphatic heterocycles. The minimum Gasteiger partial charge on any atom is -0.495 e. The predicted octanol–water partition coefficient (Wildman–Crippen LogP) is 2.69. The second-order valence-corrected chi connectivity index (χ2v) is 6.76. The zero-order valence-corrected chi connectivity index (χ0v) is 17.3. The fourth-order valence-electron chi connectivity index (χ4n) is 2.97. The molecule has 0 unspecified atom stereocenters. The summed E-state index contributed by atoms with van der Waals surface area (Å²) >= 11 is 0. The average molecular weight is 421 g/mol. The van der Waals surface area contributed by atoms with Gasteiger partial charge in [0.25, 0.3) is 5.56 Å². The van der Waals surface area contributed by atoms with Crippen molar-refractivity contribution in [3.05, 3.63) is 65.2 Å². The van der Waals surface area contributed by atoms with Crippen LogP contribution in [0.2, 0.25) is 0 Å². The van der Waals surface area contributed by atoms with Gasteiger partial charge in [0, 0.05) is 49.6 Å². The lowest BCUT2D eigenvalue weighted by Crippen LogP contribution is -2.23. The van der Waals surface area contributed by atoms with E-state index in [0.717, 1.165) is 5.56 Å². The molecule has 3 rings (SSSR count). The molecule has 0 radical (unpaired) electrons. The zero-order valence-electron chi connectivity index (χ0n) is 17.3. The first-order valence-electron chi connectivity index (χ1n) is 9.70. The van der Waals surface area contributed by atoms with Crippen LogP contribution in [0.25, 0.3) is 11.3 Å². The maximum Gasteiger partial charge on any atom is 0.266 e. The third-order valence-corrected chi connectivity index (χ3v) is 4.41. The van der Waals surface area contributed by atoms with Crippen LogP contribution in [0.5, 0.6) is 5.75 Å². The Bertz CT molecular complexity index is 1130. The van der Waals surface area contributed by atoms with Crippen LogP contribution in [0.3, 0.4) is 0 Å². The quantitative estimate of drug-likeness (QED) is 0.578. The van der Waals surface area contributed by atoms with Crippen molar-refractivity contribution in [2.45, 2.75) is 26.3 Å². The fourth-order valence-corrected chi connectivity index (χ4v) is 2.97. The number of ether oxygens (including phenoxy) is 1. The van der Waals surface area contributed by atoms with E-state index >= 15 is 0 Å². The van der Waals surface area contributed by atoms with Gasteiger partial charge in [-0.2, -0.15) is 5.10 Å². The van der Waals surface area contributed by atoms with E-state index in [2.05, 4.69) is 20.7 Å². The Hall–Kier alpha value is -4.01. The van der Waals surface area contributed by atoms with Crippen molar-refractivity contribution in [1.29, 1.82) is 0 Å². The van der Waals surface area contributed by atoms with E-state index in [1.165, 1.54) is 24.8 Å². The number of hydrogen-bond acceptors (Lipinski definition) is 6. The summed E-state index contributed by atoms with van der Waals surface area (Å²) in [4.78, 5) is 39.8. The molecule has 1 aromatic carbocycles. The lowest BCUT2D eigenvalue weighted by molar-refractivity contribution is -0.116. The Morgan fingerprint density at radius 1 is 1.06 bits per heavy atom. The molecule has 0 aliphatic carbocycles. The molecule has 2 aromatic heterocycles. The number of aryl methyl sites for hydroxylation is 1. The molecule has 0 aliphatic rings. The Kier molecular flexibility index (Phi) is 7.10. The second-order valence-electron chi connectivity index (χ2n) is 6.76. The summed E-state index contributed by atoms with van der Waals surface area (Å²) in [5.41, 5.74) is 2.28. The highest BCUT2D eigenvalue weighted by molar-refractivity contribution is 5.94. The van der Waals surface area contributed by atoms with Crippen LogP contribution in [0.4, 0.5) is 11.4 Å². The normalized spacial score (nSPS) is 10.4. The third-order valence-electron chi connectivity index (χ3n) is 4.41. The summed E-state index contributed by atoms with van der Waals surface area (Å²) < 4.78 is 6.61. The predicted molar refractivity (Wildman–Crippen MR) is 117 cm³/mol. The maximum atomic E-state index is 12.4. The highest BCUT2D eigenvalue weighted by Gasteiger charge is 2.10. The molecule has 0 atom stereocenters. The molecule has 2 amide bonds. The van der Waals surface area contributed by atoms with Crippen LogP contribution in [0, 0.1) is 0 Å². The van der Waals surface area contributed by atoms with Gasteiger partial charge in [0.2, 0.25) is 11.8 Å². The van der Waals surface area contributed by atoms with Crippen molar-refractivity contribution in [2.75, 3.05) is 17.7 Å². The topological polar surface area (TPSA) is 115 Å². The molecule has 9 heteroatoms. The van der Waals surface area contributed by atoms with Crippen LogP contribution in [0.1, 0.15) is 19.8 Å². The highest BCUT2D eigenvalue weighted by Crippen LogP contribution is 2.28. The summed E-state index contributed by atoms with van der Waals surface area (Å²) in [6.45, 7) is 1.70. The SMILES string of the molecule is COc1ccc(NC(C)=O)cc1NC(=O)CCCn1nc(-c2ccncc2)ccc1=O. The number of carbonyl (C=O) groups excluding carboxylic acids is 2. The number of aromatic nitrogens is 3. The smallest absolute Gasteiger partial charge is 0.266 e. The first kappa shape index (κ1) is 21.7. The van der Waals surface area contributed by atoms with Crippen molar-refractivity contribution in [1.82, 2.24) is 14.8 Å². The van der Waals surface area contributed by atoms with Gasteiger partial charge in [-0.3, -0.25) is 19.4 Å². The average Bonchev–Trinajstić information content (AvgIpc) is 2.75. The molecule has 31 heavy (non-hydrogen) atoms. The molecular formula is C22H23N5O4. The third kappa shape index (κ3) is 5.99. The molecule has 0 saturated carbocycles. The van der Waals surface area contributed by atoms with Gasteiger partial charge in [0.05, 0.1) is 18.5 Å². The van der Waals surface area contributed by atoms with Gasteiger partial charge in [-0.25, -0.2) is 4.68 Å². The Balaban J connectivity index is 1.62. The first-order chi connectivity index (χ1) is 15.0. The summed E-state index contributed by atoms with van der Waals surface area (Å²) in [5, 5.41) is 9.82. The van der Waals surface area contributed by atoms with Crippen molar-refractivity contribution in [2.24, 2.45) is 0 Å². The fraction of sp³-hybridized carbons (Fsp3) is 0.227. The van der Waals surface area contributed by atoms with Gasteiger partial charge in [-0.1, -0.05) is 0 Å². The molecule has 0 spiro atoms. The first-order valence-corrected chi connectivity index (χ1v) is 9.70. The number of rotatable bonds is 8. The van der Waals surface area contributed by atoms with Gasteiger partial charge >= 0.3 is 0 Å². The van der Waals surface area contributed by atoms with E-state index in [4.69, 9.17) is 4.74 Å². The van der Waals surface area contributed by atoms with E-state index in [0.29, 0.717) is 35.8 Å². The van der Waals surface area contributed by atoms with Gasteiger partial charge in [-0.05, 0) is 42.8 Å². The van der Waals surface area contributed by atoms with Crippen molar-refractivity contribution >= 4 is 23.2 Å². The zero-order chi connectivity index (χ0) is 22.2. The van der Waals surface area contributed by atoms with Crippen LogP contribution in [0.15, 0.2) is 59.7 Å². The maximum absolute atomic E-state index is 12.4. The number of carbonyl (C=O) groups is 2. The van der Waals surface area contributed by atoms with E-state index in [1.54, 1.807) is 36.7 Å². The Morgan fingerprint density at radius 3 is 2.55 bits per heavy atom. The van der Waals surface area contributed by atoms with Gasteiger partial charge in [0.15, 0.2) is 0 Å². The Morgan fingerprint density at radius 2 is 1.84 bits per heavy atom. The van der Waals surface area contributed by atoms with Crippen LogP contribution >= 0.6 is 0 Å². The lowest BCUT2D eigenvalue weighted by atomic mass is 10.2. The number of nitrogens with one attached hydrogen (secondary N) is 2. The lowest BCUT2D eigenvalue weighted by Gasteiger charge is -2.12. The summed E-state index contributed by atoms with van der Waals surface area (Å²) in [5.74, 6) is 0.0244. The molecule has 3 aromatic rings. The number of anilines is 2. The van der Waals surface area contributed by atoms with E-state index < -0.39 is 0 Å². The molecule has 0 bridgehead atoms. The molecule has 0 fully saturated rings. The van der Waals surface area contributed by atoms with Crippen LogP contribution in [-0.4, -0.2) is 33.7 Å².